The summed E-state index contributed by atoms with van der Waals surface area (Å²) in [4.78, 5) is 2.32. The fourth-order valence-electron chi connectivity index (χ4n) is 3.87. The van der Waals surface area contributed by atoms with Crippen LogP contribution in [0.1, 0.15) is 31.2 Å². The summed E-state index contributed by atoms with van der Waals surface area (Å²) >= 11 is 0. The third-order valence-corrected chi connectivity index (χ3v) is 5.34. The predicted molar refractivity (Wildman–Crippen MR) is 120 cm³/mol. The Morgan fingerprint density at radius 3 is 2.25 bits per heavy atom. The second kappa shape index (κ2) is 14.4. The standard InChI is InChI=1S/C21H36N2O3.2ClH/c1-22-13-14-23(2)15-18-7-5-6-8-20(18)26-19-9-11-21(12-10-19,16-24-3)17-25-4;;/h5-8,19,22H,9-17H2,1-4H3;2*1H. The van der Waals surface area contributed by atoms with E-state index in [4.69, 9.17) is 14.2 Å². The lowest BCUT2D eigenvalue weighted by molar-refractivity contribution is -0.0340. The highest BCUT2D eigenvalue weighted by molar-refractivity contribution is 5.85. The van der Waals surface area contributed by atoms with Crippen molar-refractivity contribution in [1.29, 1.82) is 0 Å². The first kappa shape index (κ1) is 27.4. The number of nitrogens with one attached hydrogen (secondary N) is 1. The normalized spacial score (nSPS) is 16.3. The predicted octanol–water partition coefficient (Wildman–Crippen LogP) is 3.78. The van der Waals surface area contributed by atoms with Crippen LogP contribution in [-0.4, -0.2) is 65.6 Å². The number of hydrogen-bond donors (Lipinski definition) is 1. The molecule has 1 aliphatic carbocycles. The molecule has 0 bridgehead atoms. The molecule has 1 N–H and O–H groups in total. The fourth-order valence-corrected chi connectivity index (χ4v) is 3.87. The molecule has 1 fully saturated rings. The van der Waals surface area contributed by atoms with Gasteiger partial charge in [0.15, 0.2) is 0 Å². The zero-order chi connectivity index (χ0) is 18.8. The van der Waals surface area contributed by atoms with E-state index in [2.05, 4.69) is 41.5 Å². The van der Waals surface area contributed by atoms with E-state index in [1.807, 2.05) is 7.05 Å². The van der Waals surface area contributed by atoms with Gasteiger partial charge < -0.3 is 24.4 Å². The lowest BCUT2D eigenvalue weighted by Crippen LogP contribution is -2.39. The molecule has 7 heteroatoms. The quantitative estimate of drug-likeness (QED) is 0.571. The highest BCUT2D eigenvalue weighted by atomic mass is 35.5. The molecule has 1 aliphatic rings. The lowest BCUT2D eigenvalue weighted by Gasteiger charge is -2.39. The smallest absolute Gasteiger partial charge is 0.124 e. The number of para-hydroxylation sites is 1. The van der Waals surface area contributed by atoms with E-state index in [-0.39, 0.29) is 36.3 Å². The molecule has 2 rings (SSSR count). The fraction of sp³-hybridized carbons (Fsp3) is 0.714. The largest absolute Gasteiger partial charge is 0.490 e. The summed E-state index contributed by atoms with van der Waals surface area (Å²) in [6.07, 6.45) is 4.56. The van der Waals surface area contributed by atoms with Gasteiger partial charge >= 0.3 is 0 Å². The monoisotopic (exact) mass is 436 g/mol. The number of ether oxygens (including phenoxy) is 3. The number of halogens is 2. The van der Waals surface area contributed by atoms with E-state index in [9.17, 15) is 0 Å². The SMILES string of the molecule is CNCCN(C)Cc1ccccc1OC1CCC(COC)(COC)CC1.Cl.Cl. The molecule has 1 saturated carbocycles. The van der Waals surface area contributed by atoms with Gasteiger partial charge in [-0.15, -0.1) is 24.8 Å². The second-order valence-electron chi connectivity index (χ2n) is 7.63. The average Bonchev–Trinajstić information content (AvgIpc) is 2.64. The number of nitrogens with zero attached hydrogens (tertiary/aromatic N) is 1. The maximum atomic E-state index is 6.42. The summed E-state index contributed by atoms with van der Waals surface area (Å²) < 4.78 is 17.3. The first-order valence-corrected chi connectivity index (χ1v) is 9.68. The summed E-state index contributed by atoms with van der Waals surface area (Å²) in [6, 6.07) is 8.44. The molecular formula is C21H38Cl2N2O3. The van der Waals surface area contributed by atoms with Crippen molar-refractivity contribution >= 4 is 24.8 Å². The lowest BCUT2D eigenvalue weighted by atomic mass is 9.74. The van der Waals surface area contributed by atoms with Gasteiger partial charge in [-0.25, -0.2) is 0 Å². The van der Waals surface area contributed by atoms with E-state index < -0.39 is 0 Å². The van der Waals surface area contributed by atoms with Crippen LogP contribution in [0.15, 0.2) is 24.3 Å². The van der Waals surface area contributed by atoms with Gasteiger partial charge in [0.2, 0.25) is 0 Å². The van der Waals surface area contributed by atoms with E-state index >= 15 is 0 Å². The minimum absolute atomic E-state index is 0. The van der Waals surface area contributed by atoms with Crippen LogP contribution in [0.5, 0.6) is 5.75 Å². The van der Waals surface area contributed by atoms with Crippen LogP contribution in [0.2, 0.25) is 0 Å². The molecule has 5 nitrogen and oxygen atoms in total. The molecule has 0 amide bonds. The van der Waals surface area contributed by atoms with E-state index in [1.165, 1.54) is 5.56 Å². The summed E-state index contributed by atoms with van der Waals surface area (Å²) in [5.74, 6) is 1.03. The topological polar surface area (TPSA) is 43.0 Å². The molecule has 0 unspecified atom stereocenters. The Balaban J connectivity index is 0.00000364. The molecular weight excluding hydrogens is 399 g/mol. The van der Waals surface area contributed by atoms with Crippen LogP contribution < -0.4 is 10.1 Å². The van der Waals surface area contributed by atoms with Crippen molar-refractivity contribution in [3.63, 3.8) is 0 Å². The van der Waals surface area contributed by atoms with Crippen molar-refractivity contribution in [3.8, 4) is 5.75 Å². The zero-order valence-corrected chi connectivity index (χ0v) is 19.4. The minimum Gasteiger partial charge on any atom is -0.490 e. The van der Waals surface area contributed by atoms with Gasteiger partial charge in [-0.2, -0.15) is 0 Å². The van der Waals surface area contributed by atoms with Crippen molar-refractivity contribution < 1.29 is 14.2 Å². The average molecular weight is 437 g/mol. The molecule has 0 heterocycles. The Morgan fingerprint density at radius 1 is 1.07 bits per heavy atom. The second-order valence-corrected chi connectivity index (χ2v) is 7.63. The number of rotatable bonds is 11. The summed E-state index contributed by atoms with van der Waals surface area (Å²) in [7, 11) is 7.70. The Labute approximate surface area is 183 Å². The maximum absolute atomic E-state index is 6.42. The Bertz CT molecular complexity index is 518. The van der Waals surface area contributed by atoms with Crippen LogP contribution in [0, 0.1) is 5.41 Å². The van der Waals surface area contributed by atoms with Gasteiger partial charge in [0.1, 0.15) is 5.75 Å². The molecule has 0 radical (unpaired) electrons. The maximum Gasteiger partial charge on any atom is 0.124 e. The molecule has 0 aromatic heterocycles. The van der Waals surface area contributed by atoms with Crippen LogP contribution >= 0.6 is 24.8 Å². The highest BCUT2D eigenvalue weighted by Crippen LogP contribution is 2.38. The number of hydrogen-bond acceptors (Lipinski definition) is 5. The van der Waals surface area contributed by atoms with Gasteiger partial charge in [-0.3, -0.25) is 0 Å². The van der Waals surface area contributed by atoms with E-state index in [0.29, 0.717) is 0 Å². The van der Waals surface area contributed by atoms with Crippen LogP contribution in [0.3, 0.4) is 0 Å². The number of methoxy groups -OCH3 is 2. The summed E-state index contributed by atoms with van der Waals surface area (Å²) in [6.45, 7) is 4.44. The van der Waals surface area contributed by atoms with Crippen molar-refractivity contribution in [3.05, 3.63) is 29.8 Å². The van der Waals surface area contributed by atoms with Gasteiger partial charge in [0.25, 0.3) is 0 Å². The van der Waals surface area contributed by atoms with Crippen LogP contribution in [-0.2, 0) is 16.0 Å². The van der Waals surface area contributed by atoms with Gasteiger partial charge in [-0.05, 0) is 45.8 Å². The van der Waals surface area contributed by atoms with E-state index in [0.717, 1.165) is 64.3 Å². The first-order chi connectivity index (χ1) is 12.6. The van der Waals surface area contributed by atoms with Crippen LogP contribution in [0.4, 0.5) is 0 Å². The molecule has 164 valence electrons. The summed E-state index contributed by atoms with van der Waals surface area (Å²) in [5.41, 5.74) is 1.41. The summed E-state index contributed by atoms with van der Waals surface area (Å²) in [5, 5.41) is 3.20. The zero-order valence-electron chi connectivity index (χ0n) is 17.7. The van der Waals surface area contributed by atoms with Crippen molar-refractivity contribution in [1.82, 2.24) is 10.2 Å². The molecule has 1 aromatic rings. The number of likely N-dealkylation sites (N-methyl/N-ethyl adjacent to an activating group) is 2. The van der Waals surface area contributed by atoms with E-state index in [1.54, 1.807) is 14.2 Å². The van der Waals surface area contributed by atoms with Crippen molar-refractivity contribution in [2.75, 3.05) is 54.6 Å². The highest BCUT2D eigenvalue weighted by Gasteiger charge is 2.36. The van der Waals surface area contributed by atoms with Crippen molar-refractivity contribution in [2.24, 2.45) is 5.41 Å². The first-order valence-electron chi connectivity index (χ1n) is 9.68. The minimum atomic E-state index is 0. The third kappa shape index (κ3) is 8.44. The Kier molecular flexibility index (Phi) is 14.1. The molecule has 0 spiro atoms. The molecule has 0 aliphatic heterocycles. The third-order valence-electron chi connectivity index (χ3n) is 5.34. The van der Waals surface area contributed by atoms with Gasteiger partial charge in [0.05, 0.1) is 19.3 Å². The van der Waals surface area contributed by atoms with Gasteiger partial charge in [0, 0.05) is 44.8 Å². The Hall–Kier alpha value is -0.560. The number of benzene rings is 1. The van der Waals surface area contributed by atoms with Gasteiger partial charge in [-0.1, -0.05) is 18.2 Å². The molecule has 0 saturated heterocycles. The molecule has 1 aromatic carbocycles. The Morgan fingerprint density at radius 2 is 1.68 bits per heavy atom. The molecule has 0 atom stereocenters. The molecule has 28 heavy (non-hydrogen) atoms. The van der Waals surface area contributed by atoms with Crippen molar-refractivity contribution in [2.45, 2.75) is 38.3 Å². The van der Waals surface area contributed by atoms with Crippen LogP contribution in [0.25, 0.3) is 0 Å².